The van der Waals surface area contributed by atoms with Gasteiger partial charge in [-0.2, -0.15) is 0 Å². The van der Waals surface area contributed by atoms with Gasteiger partial charge in [0.25, 0.3) is 0 Å². The van der Waals surface area contributed by atoms with Crippen molar-refractivity contribution in [3.05, 3.63) is 29.8 Å². The maximum Gasteiger partial charge on any atom is 0.239 e. The van der Waals surface area contributed by atoms with Crippen molar-refractivity contribution < 1.29 is 9.59 Å². The molecule has 4 N–H and O–H groups in total. The summed E-state index contributed by atoms with van der Waals surface area (Å²) < 4.78 is 0. The highest BCUT2D eigenvalue weighted by molar-refractivity contribution is 5.90. The topological polar surface area (TPSA) is 84.2 Å². The number of amides is 2. The molecule has 1 rings (SSSR count). The van der Waals surface area contributed by atoms with E-state index < -0.39 is 5.54 Å². The van der Waals surface area contributed by atoms with Crippen LogP contribution >= 0.6 is 0 Å². The first-order chi connectivity index (χ1) is 9.32. The van der Waals surface area contributed by atoms with E-state index in [9.17, 15) is 9.59 Å². The Labute approximate surface area is 119 Å². The van der Waals surface area contributed by atoms with Gasteiger partial charge in [0.05, 0.1) is 5.54 Å². The van der Waals surface area contributed by atoms with Crippen LogP contribution in [0.5, 0.6) is 0 Å². The largest absolute Gasteiger partial charge is 0.350 e. The van der Waals surface area contributed by atoms with Crippen LogP contribution in [-0.2, 0) is 16.1 Å². The van der Waals surface area contributed by atoms with Crippen molar-refractivity contribution in [1.29, 1.82) is 0 Å². The van der Waals surface area contributed by atoms with E-state index >= 15 is 0 Å². The van der Waals surface area contributed by atoms with Gasteiger partial charge in [-0.1, -0.05) is 19.1 Å². The summed E-state index contributed by atoms with van der Waals surface area (Å²) in [7, 11) is 0. The molecule has 1 aromatic carbocycles. The van der Waals surface area contributed by atoms with Crippen molar-refractivity contribution in [3.63, 3.8) is 0 Å². The number of carbonyl (C=O) groups is 2. The highest BCUT2D eigenvalue weighted by atomic mass is 16.2. The highest BCUT2D eigenvalue weighted by Crippen LogP contribution is 2.10. The lowest BCUT2D eigenvalue weighted by molar-refractivity contribution is -0.125. The van der Waals surface area contributed by atoms with Gasteiger partial charge in [-0.25, -0.2) is 0 Å². The maximum atomic E-state index is 11.6. The molecular weight excluding hydrogens is 254 g/mol. The molecule has 20 heavy (non-hydrogen) atoms. The van der Waals surface area contributed by atoms with Crippen LogP contribution < -0.4 is 16.4 Å². The number of nitrogens with one attached hydrogen (secondary N) is 2. The molecule has 5 nitrogen and oxygen atoms in total. The molecule has 2 amide bonds. The van der Waals surface area contributed by atoms with Crippen LogP contribution in [-0.4, -0.2) is 17.4 Å². The predicted octanol–water partition coefficient (Wildman–Crippen LogP) is 1.78. The standard InChI is InChI=1S/C15H23N3O2/c1-4-5-13(19)18-12-8-6-11(7-9-12)10-17-14(20)15(2,3)16/h6-9H,4-5,10,16H2,1-3H3,(H,17,20)(H,18,19). The molecule has 0 radical (unpaired) electrons. The summed E-state index contributed by atoms with van der Waals surface area (Å²) in [6.45, 7) is 5.70. The van der Waals surface area contributed by atoms with Crippen molar-refractivity contribution in [2.24, 2.45) is 5.73 Å². The predicted molar refractivity (Wildman–Crippen MR) is 80.1 cm³/mol. The van der Waals surface area contributed by atoms with E-state index in [0.29, 0.717) is 13.0 Å². The summed E-state index contributed by atoms with van der Waals surface area (Å²) in [5, 5.41) is 5.58. The van der Waals surface area contributed by atoms with Crippen LogP contribution in [0.15, 0.2) is 24.3 Å². The number of hydrogen-bond acceptors (Lipinski definition) is 3. The van der Waals surface area contributed by atoms with E-state index in [1.54, 1.807) is 13.8 Å². The number of hydrogen-bond donors (Lipinski definition) is 3. The van der Waals surface area contributed by atoms with Gasteiger partial charge < -0.3 is 16.4 Å². The fourth-order valence-corrected chi connectivity index (χ4v) is 1.57. The second-order valence-electron chi connectivity index (χ2n) is 5.40. The first kappa shape index (κ1) is 16.2. The molecule has 0 aliphatic heterocycles. The molecular formula is C15H23N3O2. The quantitative estimate of drug-likeness (QED) is 0.741. The molecule has 5 heteroatoms. The molecule has 0 fully saturated rings. The van der Waals surface area contributed by atoms with Gasteiger partial charge in [0.1, 0.15) is 0 Å². The third-order valence-corrected chi connectivity index (χ3v) is 2.75. The van der Waals surface area contributed by atoms with Gasteiger partial charge >= 0.3 is 0 Å². The molecule has 0 saturated carbocycles. The monoisotopic (exact) mass is 277 g/mol. The first-order valence-electron chi connectivity index (χ1n) is 6.79. The third kappa shape index (κ3) is 5.40. The molecule has 0 heterocycles. The van der Waals surface area contributed by atoms with Crippen molar-refractivity contribution in [2.75, 3.05) is 5.32 Å². The van der Waals surface area contributed by atoms with Crippen LogP contribution in [0.2, 0.25) is 0 Å². The molecule has 0 spiro atoms. The summed E-state index contributed by atoms with van der Waals surface area (Å²) in [4.78, 5) is 23.1. The fourth-order valence-electron chi connectivity index (χ4n) is 1.57. The Hall–Kier alpha value is -1.88. The number of nitrogens with two attached hydrogens (primary N) is 1. The van der Waals surface area contributed by atoms with Crippen LogP contribution in [0, 0.1) is 0 Å². The van der Waals surface area contributed by atoms with Gasteiger partial charge in [-0.05, 0) is 38.0 Å². The lowest BCUT2D eigenvalue weighted by Crippen LogP contribution is -2.48. The number of carbonyl (C=O) groups excluding carboxylic acids is 2. The number of benzene rings is 1. The normalized spacial score (nSPS) is 11.0. The molecule has 0 saturated heterocycles. The third-order valence-electron chi connectivity index (χ3n) is 2.75. The number of rotatable bonds is 6. The van der Waals surface area contributed by atoms with Crippen molar-refractivity contribution in [3.8, 4) is 0 Å². The summed E-state index contributed by atoms with van der Waals surface area (Å²) >= 11 is 0. The van der Waals surface area contributed by atoms with Gasteiger partial charge in [0.15, 0.2) is 0 Å². The van der Waals surface area contributed by atoms with Crippen LogP contribution in [0.1, 0.15) is 39.2 Å². The Balaban J connectivity index is 2.51. The summed E-state index contributed by atoms with van der Waals surface area (Å²) in [6.07, 6.45) is 1.34. The second-order valence-corrected chi connectivity index (χ2v) is 5.40. The van der Waals surface area contributed by atoms with E-state index in [1.165, 1.54) is 0 Å². The summed E-state index contributed by atoms with van der Waals surface area (Å²) in [6, 6.07) is 7.38. The number of anilines is 1. The van der Waals surface area contributed by atoms with E-state index in [2.05, 4.69) is 10.6 Å². The Morgan fingerprint density at radius 3 is 2.30 bits per heavy atom. The lowest BCUT2D eigenvalue weighted by atomic mass is 10.1. The van der Waals surface area contributed by atoms with E-state index in [-0.39, 0.29) is 11.8 Å². The Morgan fingerprint density at radius 1 is 1.20 bits per heavy atom. The zero-order chi connectivity index (χ0) is 15.2. The molecule has 1 aromatic rings. The smallest absolute Gasteiger partial charge is 0.239 e. The molecule has 0 aliphatic rings. The van der Waals surface area contributed by atoms with Crippen LogP contribution in [0.4, 0.5) is 5.69 Å². The van der Waals surface area contributed by atoms with Crippen molar-refractivity contribution in [2.45, 2.75) is 45.7 Å². The van der Waals surface area contributed by atoms with Crippen LogP contribution in [0.3, 0.4) is 0 Å². The molecule has 0 unspecified atom stereocenters. The van der Waals surface area contributed by atoms with Crippen molar-refractivity contribution in [1.82, 2.24) is 5.32 Å². The summed E-state index contributed by atoms with van der Waals surface area (Å²) in [5.41, 5.74) is 6.53. The molecule has 0 aliphatic carbocycles. The zero-order valence-corrected chi connectivity index (χ0v) is 12.3. The fraction of sp³-hybridized carbons (Fsp3) is 0.467. The average Bonchev–Trinajstić information content (AvgIpc) is 2.36. The SMILES string of the molecule is CCCC(=O)Nc1ccc(CNC(=O)C(C)(C)N)cc1. The lowest BCUT2D eigenvalue weighted by Gasteiger charge is -2.17. The minimum atomic E-state index is -0.881. The van der Waals surface area contributed by atoms with Gasteiger partial charge in [-0.15, -0.1) is 0 Å². The van der Waals surface area contributed by atoms with E-state index in [4.69, 9.17) is 5.73 Å². The minimum absolute atomic E-state index is 0.0124. The first-order valence-corrected chi connectivity index (χ1v) is 6.79. The zero-order valence-electron chi connectivity index (χ0n) is 12.3. The Kier molecular flexibility index (Phi) is 5.70. The maximum absolute atomic E-state index is 11.6. The molecule has 0 bridgehead atoms. The molecule has 0 atom stereocenters. The van der Waals surface area contributed by atoms with E-state index in [1.807, 2.05) is 31.2 Å². The molecule has 110 valence electrons. The Morgan fingerprint density at radius 2 is 1.80 bits per heavy atom. The van der Waals surface area contributed by atoms with Gasteiger partial charge in [-0.3, -0.25) is 9.59 Å². The average molecular weight is 277 g/mol. The minimum Gasteiger partial charge on any atom is -0.350 e. The summed E-state index contributed by atoms with van der Waals surface area (Å²) in [5.74, 6) is -0.184. The highest BCUT2D eigenvalue weighted by Gasteiger charge is 2.20. The van der Waals surface area contributed by atoms with Gasteiger partial charge in [0.2, 0.25) is 11.8 Å². The van der Waals surface area contributed by atoms with Crippen molar-refractivity contribution >= 4 is 17.5 Å². The second kappa shape index (κ2) is 7.05. The molecule has 0 aromatic heterocycles. The Bertz CT molecular complexity index is 461. The van der Waals surface area contributed by atoms with Crippen LogP contribution in [0.25, 0.3) is 0 Å². The van der Waals surface area contributed by atoms with E-state index in [0.717, 1.165) is 17.7 Å². The van der Waals surface area contributed by atoms with Gasteiger partial charge in [0, 0.05) is 18.7 Å².